The van der Waals surface area contributed by atoms with Crippen molar-refractivity contribution in [3.63, 3.8) is 0 Å². The molecule has 6 rings (SSSR count). The molecular weight excluding hydrogens is 494 g/mol. The first-order chi connectivity index (χ1) is 18.2. The van der Waals surface area contributed by atoms with E-state index in [1.807, 2.05) is 11.0 Å². The number of thiocarbonyl (C=S) groups is 1. The average Bonchev–Trinajstić information content (AvgIpc) is 3.54. The minimum absolute atomic E-state index is 0.207. The van der Waals surface area contributed by atoms with E-state index >= 15 is 0 Å². The Morgan fingerprint density at radius 3 is 2.66 bits per heavy atom. The summed E-state index contributed by atoms with van der Waals surface area (Å²) in [5.41, 5.74) is 2.84. The van der Waals surface area contributed by atoms with Gasteiger partial charge in [0, 0.05) is 42.4 Å². The fourth-order valence-electron chi connectivity index (χ4n) is 9.47. The lowest BCUT2D eigenvalue weighted by atomic mass is 9.46. The van der Waals surface area contributed by atoms with Gasteiger partial charge in [0.2, 0.25) is 0 Å². The normalized spacial score (nSPS) is 40.8. The Balaban J connectivity index is 1.11. The molecule has 38 heavy (non-hydrogen) atoms. The predicted octanol–water partition coefficient (Wildman–Crippen LogP) is 6.23. The van der Waals surface area contributed by atoms with Crippen molar-refractivity contribution in [1.29, 1.82) is 0 Å². The average molecular weight is 540 g/mol. The van der Waals surface area contributed by atoms with Crippen molar-refractivity contribution < 1.29 is 14.4 Å². The molecule has 6 nitrogen and oxygen atoms in total. The van der Waals surface area contributed by atoms with E-state index < -0.39 is 0 Å². The molecule has 1 saturated heterocycles. The molecule has 4 saturated carbocycles. The zero-order chi connectivity index (χ0) is 26.7. The van der Waals surface area contributed by atoms with Crippen LogP contribution < -0.4 is 5.32 Å². The minimum atomic E-state index is -0.300. The molecule has 1 aliphatic heterocycles. The Kier molecular flexibility index (Phi) is 7.07. The number of hydrogen-bond donors (Lipinski definition) is 1. The number of rotatable bonds is 6. The summed E-state index contributed by atoms with van der Waals surface area (Å²) in [5, 5.41) is 7.95. The molecule has 5 aliphatic carbocycles. The lowest BCUT2D eigenvalue weighted by Crippen LogP contribution is -2.51. The van der Waals surface area contributed by atoms with Crippen LogP contribution in [0.5, 0.6) is 0 Å². The predicted molar refractivity (Wildman–Crippen MR) is 153 cm³/mol. The van der Waals surface area contributed by atoms with Crippen molar-refractivity contribution in [2.24, 2.45) is 39.7 Å². The van der Waals surface area contributed by atoms with Gasteiger partial charge >= 0.3 is 6.09 Å². The highest BCUT2D eigenvalue weighted by Crippen LogP contribution is 2.66. The second kappa shape index (κ2) is 10.1. The third-order valence-corrected chi connectivity index (χ3v) is 12.3. The third-order valence-electron chi connectivity index (χ3n) is 11.8. The van der Waals surface area contributed by atoms with Crippen molar-refractivity contribution in [2.75, 3.05) is 13.1 Å². The molecule has 7 atom stereocenters. The van der Waals surface area contributed by atoms with Crippen LogP contribution in [-0.2, 0) is 9.63 Å². The van der Waals surface area contributed by atoms with Crippen LogP contribution in [0, 0.1) is 34.5 Å². The molecule has 0 aromatic rings. The van der Waals surface area contributed by atoms with E-state index in [4.69, 9.17) is 17.1 Å². The molecule has 0 spiro atoms. The largest absolute Gasteiger partial charge is 0.436 e. The van der Waals surface area contributed by atoms with Gasteiger partial charge in [-0.1, -0.05) is 36.8 Å². The molecule has 0 aromatic heterocycles. The number of oxime groups is 1. The maximum atomic E-state index is 13.1. The van der Waals surface area contributed by atoms with Crippen LogP contribution in [0.4, 0.5) is 4.79 Å². The van der Waals surface area contributed by atoms with E-state index in [1.165, 1.54) is 31.3 Å². The Morgan fingerprint density at radius 2 is 1.92 bits per heavy atom. The lowest BCUT2D eigenvalue weighted by Gasteiger charge is -2.58. The van der Waals surface area contributed by atoms with Gasteiger partial charge in [0.15, 0.2) is 5.78 Å². The second-order valence-corrected chi connectivity index (χ2v) is 14.2. The van der Waals surface area contributed by atoms with Gasteiger partial charge in [0.1, 0.15) is 0 Å². The van der Waals surface area contributed by atoms with E-state index in [0.29, 0.717) is 42.5 Å². The molecule has 1 amide bonds. The number of allylic oxidation sites excluding steroid dienone is 1. The van der Waals surface area contributed by atoms with Crippen LogP contribution in [0.15, 0.2) is 16.8 Å². The first-order valence-electron chi connectivity index (χ1n) is 15.2. The van der Waals surface area contributed by atoms with Gasteiger partial charge in [0.05, 0.1) is 5.71 Å². The van der Waals surface area contributed by atoms with Crippen molar-refractivity contribution in [3.8, 4) is 0 Å². The SMILES string of the molecule is C/C(=N\OC(=O)N(CCC1NCCC1=S)C1CC1)[C@H]1CC[C@H]2[C@@H]3CCC4=CC(=O)CC[C@]4(C)[C@H]3CC[C@]12C. The maximum absolute atomic E-state index is 13.1. The number of hydrogen-bond acceptors (Lipinski definition) is 6. The smallest absolute Gasteiger partial charge is 0.309 e. The summed E-state index contributed by atoms with van der Waals surface area (Å²) in [5.74, 6) is 2.81. The van der Waals surface area contributed by atoms with Gasteiger partial charge < -0.3 is 10.2 Å². The zero-order valence-electron chi connectivity index (χ0n) is 23.5. The molecule has 1 N–H and O–H groups in total. The molecule has 0 bridgehead atoms. The molecule has 208 valence electrons. The molecule has 1 unspecified atom stereocenters. The van der Waals surface area contributed by atoms with Crippen LogP contribution in [0.1, 0.15) is 97.8 Å². The summed E-state index contributed by atoms with van der Waals surface area (Å²) in [6.07, 6.45) is 14.4. The number of nitrogens with one attached hydrogen (secondary N) is 1. The Morgan fingerprint density at radius 1 is 1.11 bits per heavy atom. The van der Waals surface area contributed by atoms with Crippen LogP contribution in [0.25, 0.3) is 0 Å². The van der Waals surface area contributed by atoms with Gasteiger partial charge in [-0.05, 0) is 112 Å². The minimum Gasteiger partial charge on any atom is -0.309 e. The van der Waals surface area contributed by atoms with Crippen LogP contribution in [0.3, 0.4) is 0 Å². The third kappa shape index (κ3) is 4.59. The molecule has 5 fully saturated rings. The zero-order valence-corrected chi connectivity index (χ0v) is 24.3. The summed E-state index contributed by atoms with van der Waals surface area (Å²) < 4.78 is 0. The summed E-state index contributed by atoms with van der Waals surface area (Å²) in [6, 6.07) is 0.524. The van der Waals surface area contributed by atoms with Crippen LogP contribution in [0.2, 0.25) is 0 Å². The monoisotopic (exact) mass is 539 g/mol. The Bertz CT molecular complexity index is 1070. The summed E-state index contributed by atoms with van der Waals surface area (Å²) >= 11 is 5.48. The van der Waals surface area contributed by atoms with Crippen molar-refractivity contribution >= 4 is 34.7 Å². The van der Waals surface area contributed by atoms with Crippen LogP contribution >= 0.6 is 12.2 Å². The van der Waals surface area contributed by atoms with E-state index in [9.17, 15) is 9.59 Å². The van der Waals surface area contributed by atoms with Crippen molar-refractivity contribution in [2.45, 2.75) is 110 Å². The first kappa shape index (κ1) is 26.6. The fraction of sp³-hybridized carbons (Fsp3) is 0.806. The molecular formula is C31H45N3O3S. The van der Waals surface area contributed by atoms with E-state index in [2.05, 4.69) is 31.2 Å². The molecule has 1 heterocycles. The van der Waals surface area contributed by atoms with Gasteiger partial charge in [-0.2, -0.15) is 0 Å². The van der Waals surface area contributed by atoms with Crippen LogP contribution in [-0.4, -0.2) is 52.5 Å². The Labute approximate surface area is 233 Å². The topological polar surface area (TPSA) is 71.0 Å². The van der Waals surface area contributed by atoms with Gasteiger partial charge in [0.25, 0.3) is 0 Å². The number of amides is 1. The highest BCUT2D eigenvalue weighted by atomic mass is 32.1. The number of fused-ring (bicyclic) bond motifs is 5. The second-order valence-electron chi connectivity index (χ2n) is 13.7. The standard InChI is InChI=1S/C31H45N3O3S/c1-19(33-37-29(36)34(21-5-6-21)17-13-27-28(38)12-16-32-27)24-8-9-25-23-7-4-20-18-22(35)10-14-30(20,2)26(23)11-15-31(24,25)3/h18,21,23-27,32H,4-17H2,1-3H3/b33-19+/t23-,24+,25-,26-,27?,30-,31+/m0/s1. The molecule has 0 aromatic carbocycles. The van der Waals surface area contributed by atoms with Crippen molar-refractivity contribution in [3.05, 3.63) is 11.6 Å². The maximum Gasteiger partial charge on any atom is 0.436 e. The number of ketones is 1. The summed E-state index contributed by atoms with van der Waals surface area (Å²) in [7, 11) is 0. The first-order valence-corrected chi connectivity index (χ1v) is 15.6. The quantitative estimate of drug-likeness (QED) is 0.187. The molecule has 0 radical (unpaired) electrons. The summed E-state index contributed by atoms with van der Waals surface area (Å²) in [6.45, 7) is 8.63. The summed E-state index contributed by atoms with van der Waals surface area (Å²) in [4.78, 5) is 33.8. The molecule has 7 heteroatoms. The van der Waals surface area contributed by atoms with Gasteiger partial charge in [-0.3, -0.25) is 9.63 Å². The highest BCUT2D eigenvalue weighted by Gasteiger charge is 2.59. The fourth-order valence-corrected chi connectivity index (χ4v) is 9.77. The van der Waals surface area contributed by atoms with E-state index in [1.54, 1.807) is 0 Å². The van der Waals surface area contributed by atoms with Gasteiger partial charge in [-0.25, -0.2) is 4.79 Å². The van der Waals surface area contributed by atoms with Crippen molar-refractivity contribution in [1.82, 2.24) is 10.2 Å². The lowest BCUT2D eigenvalue weighted by molar-refractivity contribution is -0.117. The number of carbonyl (C=O) groups is 2. The van der Waals surface area contributed by atoms with E-state index in [-0.39, 0.29) is 23.0 Å². The number of carbonyl (C=O) groups excluding carboxylic acids is 2. The highest BCUT2D eigenvalue weighted by molar-refractivity contribution is 7.80. The number of nitrogens with zero attached hydrogens (tertiary/aromatic N) is 2. The van der Waals surface area contributed by atoms with E-state index in [0.717, 1.165) is 68.0 Å². The molecule has 6 aliphatic rings. The Hall–Kier alpha value is -1.60. The van der Waals surface area contributed by atoms with Gasteiger partial charge in [-0.15, -0.1) is 0 Å².